The Morgan fingerprint density at radius 3 is 2.76 bits per heavy atom. The second-order valence-electron chi connectivity index (χ2n) is 4.54. The molecule has 1 unspecified atom stereocenters. The molecule has 1 aromatic carbocycles. The molecule has 1 aliphatic heterocycles. The molecule has 2 nitrogen and oxygen atoms in total. The van der Waals surface area contributed by atoms with E-state index in [0.29, 0.717) is 6.10 Å². The summed E-state index contributed by atoms with van der Waals surface area (Å²) in [4.78, 5) is 2.47. The SMILES string of the molecule is BrCCN(Cc1ccccc1)CC1CCCO1. The van der Waals surface area contributed by atoms with E-state index >= 15 is 0 Å². The number of ether oxygens (including phenoxy) is 1. The summed E-state index contributed by atoms with van der Waals surface area (Å²) in [6.07, 6.45) is 2.88. The van der Waals surface area contributed by atoms with E-state index in [4.69, 9.17) is 4.74 Å². The van der Waals surface area contributed by atoms with Gasteiger partial charge in [0.25, 0.3) is 0 Å². The van der Waals surface area contributed by atoms with Crippen LogP contribution in [0.2, 0.25) is 0 Å². The van der Waals surface area contributed by atoms with Crippen LogP contribution in [0.15, 0.2) is 30.3 Å². The van der Waals surface area contributed by atoms with E-state index in [1.54, 1.807) is 0 Å². The number of halogens is 1. The lowest BCUT2D eigenvalue weighted by molar-refractivity contribution is 0.0729. The number of rotatable bonds is 6. The maximum absolute atomic E-state index is 5.71. The molecular weight excluding hydrogens is 278 g/mol. The normalized spacial score (nSPS) is 20.0. The highest BCUT2D eigenvalue weighted by atomic mass is 79.9. The first-order valence-corrected chi connectivity index (χ1v) is 7.44. The van der Waals surface area contributed by atoms with Crippen LogP contribution < -0.4 is 0 Å². The molecule has 1 saturated heterocycles. The first kappa shape index (κ1) is 13.1. The molecule has 0 saturated carbocycles. The number of alkyl halides is 1. The summed E-state index contributed by atoms with van der Waals surface area (Å²) in [6.45, 7) is 4.10. The van der Waals surface area contributed by atoms with Crippen molar-refractivity contribution in [2.24, 2.45) is 0 Å². The third-order valence-electron chi connectivity index (χ3n) is 3.14. The highest BCUT2D eigenvalue weighted by Gasteiger charge is 2.18. The molecule has 1 fully saturated rings. The quantitative estimate of drug-likeness (QED) is 0.748. The zero-order valence-electron chi connectivity index (χ0n) is 10.1. The molecule has 1 atom stereocenters. The zero-order chi connectivity index (χ0) is 11.9. The summed E-state index contributed by atoms with van der Waals surface area (Å²) < 4.78 is 5.71. The summed E-state index contributed by atoms with van der Waals surface area (Å²) in [5.41, 5.74) is 1.38. The van der Waals surface area contributed by atoms with Crippen molar-refractivity contribution < 1.29 is 4.74 Å². The van der Waals surface area contributed by atoms with Crippen molar-refractivity contribution in [2.45, 2.75) is 25.5 Å². The van der Waals surface area contributed by atoms with Gasteiger partial charge in [-0.25, -0.2) is 0 Å². The third-order valence-corrected chi connectivity index (χ3v) is 3.49. The van der Waals surface area contributed by atoms with Crippen molar-refractivity contribution in [1.82, 2.24) is 4.90 Å². The Bertz CT molecular complexity index is 311. The molecule has 0 radical (unpaired) electrons. The Hall–Kier alpha value is -0.380. The van der Waals surface area contributed by atoms with E-state index in [9.17, 15) is 0 Å². The molecule has 0 spiro atoms. The second-order valence-corrected chi connectivity index (χ2v) is 5.34. The molecule has 94 valence electrons. The molecule has 2 rings (SSSR count). The molecule has 1 aromatic rings. The average molecular weight is 298 g/mol. The predicted molar refractivity (Wildman–Crippen MR) is 74.5 cm³/mol. The van der Waals surface area contributed by atoms with Crippen LogP contribution in [0.5, 0.6) is 0 Å². The molecule has 3 heteroatoms. The molecule has 17 heavy (non-hydrogen) atoms. The number of hydrogen-bond donors (Lipinski definition) is 0. The van der Waals surface area contributed by atoms with Crippen molar-refractivity contribution >= 4 is 15.9 Å². The molecule has 1 aliphatic rings. The van der Waals surface area contributed by atoms with Crippen LogP contribution in [-0.4, -0.2) is 36.0 Å². The van der Waals surface area contributed by atoms with Gasteiger partial charge in [-0.15, -0.1) is 0 Å². The van der Waals surface area contributed by atoms with Gasteiger partial charge in [-0.3, -0.25) is 4.90 Å². The largest absolute Gasteiger partial charge is 0.377 e. The Labute approximate surface area is 112 Å². The van der Waals surface area contributed by atoms with Crippen LogP contribution in [0, 0.1) is 0 Å². The summed E-state index contributed by atoms with van der Waals surface area (Å²) in [5, 5.41) is 1.02. The number of nitrogens with zero attached hydrogens (tertiary/aromatic N) is 1. The fourth-order valence-corrected chi connectivity index (χ4v) is 2.77. The molecular formula is C14H20BrNO. The van der Waals surface area contributed by atoms with Crippen LogP contribution >= 0.6 is 15.9 Å². The van der Waals surface area contributed by atoms with Gasteiger partial charge in [-0.05, 0) is 18.4 Å². The first-order valence-electron chi connectivity index (χ1n) is 6.32. The Morgan fingerprint density at radius 1 is 1.29 bits per heavy atom. The first-order chi connectivity index (χ1) is 8.38. The summed E-state index contributed by atoms with van der Waals surface area (Å²) in [5.74, 6) is 0. The summed E-state index contributed by atoms with van der Waals surface area (Å²) >= 11 is 3.53. The van der Waals surface area contributed by atoms with Crippen LogP contribution in [0.3, 0.4) is 0 Å². The van der Waals surface area contributed by atoms with E-state index in [1.165, 1.54) is 18.4 Å². The van der Waals surface area contributed by atoms with Gasteiger partial charge in [-0.2, -0.15) is 0 Å². The van der Waals surface area contributed by atoms with Gasteiger partial charge in [0.15, 0.2) is 0 Å². The Kier molecular flexibility index (Phi) is 5.49. The Balaban J connectivity index is 1.87. The minimum Gasteiger partial charge on any atom is -0.377 e. The van der Waals surface area contributed by atoms with Gasteiger partial charge in [0, 0.05) is 31.6 Å². The van der Waals surface area contributed by atoms with Crippen LogP contribution in [0.25, 0.3) is 0 Å². The standard InChI is InChI=1S/C14H20BrNO/c15-8-9-16(12-14-7-4-10-17-14)11-13-5-2-1-3-6-13/h1-3,5-6,14H,4,7-12H2. The van der Waals surface area contributed by atoms with E-state index < -0.39 is 0 Å². The van der Waals surface area contributed by atoms with E-state index in [1.807, 2.05) is 0 Å². The average Bonchev–Trinajstić information content (AvgIpc) is 2.83. The van der Waals surface area contributed by atoms with Gasteiger partial charge in [0.2, 0.25) is 0 Å². The third kappa shape index (κ3) is 4.41. The Morgan fingerprint density at radius 2 is 2.12 bits per heavy atom. The van der Waals surface area contributed by atoms with E-state index in [0.717, 1.165) is 31.6 Å². The van der Waals surface area contributed by atoms with Gasteiger partial charge in [0.05, 0.1) is 6.10 Å². The van der Waals surface area contributed by atoms with Crippen molar-refractivity contribution in [1.29, 1.82) is 0 Å². The minimum atomic E-state index is 0.442. The smallest absolute Gasteiger partial charge is 0.0702 e. The van der Waals surface area contributed by atoms with Crippen LogP contribution in [0.1, 0.15) is 18.4 Å². The zero-order valence-corrected chi connectivity index (χ0v) is 11.7. The molecule has 0 N–H and O–H groups in total. The van der Waals surface area contributed by atoms with Crippen LogP contribution in [-0.2, 0) is 11.3 Å². The van der Waals surface area contributed by atoms with E-state index in [2.05, 4.69) is 51.2 Å². The lowest BCUT2D eigenvalue weighted by atomic mass is 10.2. The highest BCUT2D eigenvalue weighted by molar-refractivity contribution is 9.09. The van der Waals surface area contributed by atoms with Gasteiger partial charge >= 0.3 is 0 Å². The molecule has 1 heterocycles. The molecule has 0 bridgehead atoms. The van der Waals surface area contributed by atoms with Gasteiger partial charge < -0.3 is 4.74 Å². The topological polar surface area (TPSA) is 12.5 Å². The lowest BCUT2D eigenvalue weighted by Crippen LogP contribution is -2.33. The maximum atomic E-state index is 5.71. The summed E-state index contributed by atoms with van der Waals surface area (Å²) in [7, 11) is 0. The number of benzene rings is 1. The fraction of sp³-hybridized carbons (Fsp3) is 0.571. The minimum absolute atomic E-state index is 0.442. The van der Waals surface area contributed by atoms with E-state index in [-0.39, 0.29) is 0 Å². The molecule has 0 aromatic heterocycles. The monoisotopic (exact) mass is 297 g/mol. The molecule has 0 aliphatic carbocycles. The fourth-order valence-electron chi connectivity index (χ4n) is 2.27. The van der Waals surface area contributed by atoms with Crippen molar-refractivity contribution in [3.05, 3.63) is 35.9 Å². The van der Waals surface area contributed by atoms with Crippen molar-refractivity contribution in [2.75, 3.05) is 25.0 Å². The van der Waals surface area contributed by atoms with Crippen LogP contribution in [0.4, 0.5) is 0 Å². The van der Waals surface area contributed by atoms with Crippen molar-refractivity contribution in [3.63, 3.8) is 0 Å². The number of hydrogen-bond acceptors (Lipinski definition) is 2. The molecule has 0 amide bonds. The predicted octanol–water partition coefficient (Wildman–Crippen LogP) is 3.06. The second kappa shape index (κ2) is 7.14. The van der Waals surface area contributed by atoms with Crippen molar-refractivity contribution in [3.8, 4) is 0 Å². The maximum Gasteiger partial charge on any atom is 0.0702 e. The summed E-state index contributed by atoms with van der Waals surface area (Å²) in [6, 6.07) is 10.7. The van der Waals surface area contributed by atoms with Gasteiger partial charge in [0.1, 0.15) is 0 Å². The lowest BCUT2D eigenvalue weighted by Gasteiger charge is -2.24. The highest BCUT2D eigenvalue weighted by Crippen LogP contribution is 2.15. The van der Waals surface area contributed by atoms with Gasteiger partial charge in [-0.1, -0.05) is 46.3 Å².